The van der Waals surface area contributed by atoms with Crippen LogP contribution >= 0.6 is 0 Å². The minimum atomic E-state index is -1.12. The van der Waals surface area contributed by atoms with Gasteiger partial charge in [-0.2, -0.15) is 0 Å². The second-order valence-electron chi connectivity index (χ2n) is 13.3. The SMILES string of the molecule is CC(C)C[C@@H](NC(=O)OC(C)(C)C)C(=O)N1CCC[C@@H](C(=O)N2[C@H](C(=O)OCc3ccccc3)[C@H]2C(=O)OCc2ccccc2)C1. The normalized spacial score (nSPS) is 20.0. The Morgan fingerprint density at radius 1 is 0.848 bits per heavy atom. The van der Waals surface area contributed by atoms with Gasteiger partial charge in [-0.05, 0) is 57.1 Å². The molecule has 2 aromatic rings. The maximum atomic E-state index is 13.9. The van der Waals surface area contributed by atoms with Crippen molar-refractivity contribution in [2.75, 3.05) is 13.1 Å². The molecule has 0 radical (unpaired) electrons. The van der Waals surface area contributed by atoms with E-state index in [2.05, 4.69) is 5.32 Å². The van der Waals surface area contributed by atoms with Crippen molar-refractivity contribution in [1.29, 1.82) is 0 Å². The fraction of sp³-hybridized carbons (Fsp3) is 0.514. The number of benzene rings is 2. The van der Waals surface area contributed by atoms with Crippen molar-refractivity contribution in [2.24, 2.45) is 11.8 Å². The van der Waals surface area contributed by atoms with Gasteiger partial charge in [0, 0.05) is 13.1 Å². The van der Waals surface area contributed by atoms with Gasteiger partial charge >= 0.3 is 18.0 Å². The first-order chi connectivity index (χ1) is 21.8. The number of alkyl carbamates (subject to hydrolysis) is 1. The van der Waals surface area contributed by atoms with Crippen molar-refractivity contribution < 1.29 is 38.2 Å². The third-order valence-electron chi connectivity index (χ3n) is 7.77. The predicted octanol–water partition coefficient (Wildman–Crippen LogP) is 4.23. The van der Waals surface area contributed by atoms with E-state index in [-0.39, 0.29) is 31.6 Å². The fourth-order valence-electron chi connectivity index (χ4n) is 5.57. The molecule has 2 aliphatic rings. The average molecular weight is 636 g/mol. The first kappa shape index (κ1) is 34.5. The highest BCUT2D eigenvalue weighted by atomic mass is 16.6. The van der Waals surface area contributed by atoms with Crippen LogP contribution in [0.5, 0.6) is 0 Å². The van der Waals surface area contributed by atoms with Crippen molar-refractivity contribution in [2.45, 2.75) is 90.8 Å². The molecule has 0 bridgehead atoms. The summed E-state index contributed by atoms with van der Waals surface area (Å²) in [6, 6.07) is 15.2. The molecule has 4 atom stereocenters. The molecule has 1 N–H and O–H groups in total. The summed E-state index contributed by atoms with van der Waals surface area (Å²) in [5, 5.41) is 2.71. The van der Waals surface area contributed by atoms with Gasteiger partial charge in [-0.15, -0.1) is 0 Å². The molecule has 46 heavy (non-hydrogen) atoms. The van der Waals surface area contributed by atoms with Crippen molar-refractivity contribution in [1.82, 2.24) is 15.1 Å². The lowest BCUT2D eigenvalue weighted by molar-refractivity contribution is -0.148. The van der Waals surface area contributed by atoms with Gasteiger partial charge in [0.25, 0.3) is 0 Å². The Labute approximate surface area is 270 Å². The van der Waals surface area contributed by atoms with Crippen molar-refractivity contribution in [3.05, 3.63) is 71.8 Å². The molecule has 3 amide bonds. The number of piperidine rings is 1. The summed E-state index contributed by atoms with van der Waals surface area (Å²) < 4.78 is 16.4. The minimum Gasteiger partial charge on any atom is -0.459 e. The Bertz CT molecular complexity index is 1310. The number of hydrogen-bond acceptors (Lipinski definition) is 8. The first-order valence-corrected chi connectivity index (χ1v) is 15.9. The molecule has 2 heterocycles. The van der Waals surface area contributed by atoms with Gasteiger partial charge in [0.15, 0.2) is 12.1 Å². The number of nitrogens with zero attached hydrogens (tertiary/aromatic N) is 2. The van der Waals surface area contributed by atoms with Crippen LogP contribution in [0.15, 0.2) is 60.7 Å². The van der Waals surface area contributed by atoms with Crippen LogP contribution in [-0.4, -0.2) is 76.5 Å². The summed E-state index contributed by atoms with van der Waals surface area (Å²) in [6.07, 6.45) is 0.729. The number of carbonyl (C=O) groups excluding carboxylic acids is 5. The van der Waals surface area contributed by atoms with Gasteiger partial charge in [-0.25, -0.2) is 14.4 Å². The number of nitrogens with one attached hydrogen (secondary N) is 1. The highest BCUT2D eigenvalue weighted by molar-refractivity contribution is 6.01. The molecule has 2 saturated heterocycles. The number of ether oxygens (including phenoxy) is 3. The van der Waals surface area contributed by atoms with Crippen LogP contribution < -0.4 is 5.32 Å². The third-order valence-corrected chi connectivity index (χ3v) is 7.77. The predicted molar refractivity (Wildman–Crippen MR) is 169 cm³/mol. The second-order valence-corrected chi connectivity index (χ2v) is 13.3. The van der Waals surface area contributed by atoms with E-state index in [9.17, 15) is 24.0 Å². The standard InChI is InChI=1S/C35H45N3O8/c1-23(2)19-27(36-34(43)46-35(3,4)5)31(40)37-18-12-17-26(20-37)30(39)38-28(32(41)44-21-24-13-8-6-9-14-24)29(38)33(42)45-22-25-15-10-7-11-16-25/h6-11,13-16,23,26-29H,12,17-22H2,1-5H3,(H,36,43)/t26-,27-,28+,29+/m1/s1. The minimum absolute atomic E-state index is 0.00240. The summed E-state index contributed by atoms with van der Waals surface area (Å²) in [7, 11) is 0. The zero-order valence-corrected chi connectivity index (χ0v) is 27.3. The Balaban J connectivity index is 1.45. The lowest BCUT2D eigenvalue weighted by Gasteiger charge is -2.35. The van der Waals surface area contributed by atoms with Crippen LogP contribution in [-0.2, 0) is 46.6 Å². The maximum absolute atomic E-state index is 13.9. The Kier molecular flexibility index (Phi) is 11.4. The van der Waals surface area contributed by atoms with Gasteiger partial charge in [-0.1, -0.05) is 74.5 Å². The van der Waals surface area contributed by atoms with Crippen molar-refractivity contribution in [3.8, 4) is 0 Å². The number of esters is 2. The lowest BCUT2D eigenvalue weighted by atomic mass is 9.95. The Morgan fingerprint density at radius 3 is 1.85 bits per heavy atom. The quantitative estimate of drug-likeness (QED) is 0.221. The number of hydrogen-bond donors (Lipinski definition) is 1. The topological polar surface area (TPSA) is 131 Å². The van der Waals surface area contributed by atoms with Crippen LogP contribution in [0.3, 0.4) is 0 Å². The van der Waals surface area contributed by atoms with Crippen LogP contribution in [0, 0.1) is 11.8 Å². The monoisotopic (exact) mass is 635 g/mol. The van der Waals surface area contributed by atoms with Gasteiger partial charge in [0.05, 0.1) is 5.92 Å². The van der Waals surface area contributed by atoms with E-state index >= 15 is 0 Å². The zero-order valence-electron chi connectivity index (χ0n) is 27.3. The van der Waals surface area contributed by atoms with Gasteiger partial charge in [-0.3, -0.25) is 9.59 Å². The Hall–Kier alpha value is -4.41. The van der Waals surface area contributed by atoms with Crippen molar-refractivity contribution in [3.63, 3.8) is 0 Å². The van der Waals surface area contributed by atoms with Crippen LogP contribution in [0.25, 0.3) is 0 Å². The van der Waals surface area contributed by atoms with E-state index in [0.29, 0.717) is 25.8 Å². The first-order valence-electron chi connectivity index (χ1n) is 15.9. The maximum Gasteiger partial charge on any atom is 0.408 e. The van der Waals surface area contributed by atoms with Crippen LogP contribution in [0.2, 0.25) is 0 Å². The molecule has 11 nitrogen and oxygen atoms in total. The summed E-state index contributed by atoms with van der Waals surface area (Å²) in [5.41, 5.74) is 0.818. The molecule has 0 saturated carbocycles. The van der Waals surface area contributed by atoms with E-state index < -0.39 is 53.6 Å². The van der Waals surface area contributed by atoms with Gasteiger partial charge in [0.2, 0.25) is 11.8 Å². The molecule has 0 spiro atoms. The summed E-state index contributed by atoms with van der Waals surface area (Å²) in [4.78, 5) is 69.3. The molecule has 0 aromatic heterocycles. The molecule has 0 unspecified atom stereocenters. The highest BCUT2D eigenvalue weighted by Crippen LogP contribution is 2.35. The molecule has 248 valence electrons. The van der Waals surface area contributed by atoms with Gasteiger partial charge in [0.1, 0.15) is 24.9 Å². The molecule has 11 heteroatoms. The molecule has 2 fully saturated rings. The number of likely N-dealkylation sites (tertiary alicyclic amines) is 1. The molecule has 0 aliphatic carbocycles. The van der Waals surface area contributed by atoms with E-state index in [4.69, 9.17) is 14.2 Å². The molecular formula is C35H45N3O8. The number of rotatable bonds is 11. The molecule has 4 rings (SSSR count). The van der Waals surface area contributed by atoms with E-state index in [1.165, 1.54) is 4.90 Å². The van der Waals surface area contributed by atoms with E-state index in [1.54, 1.807) is 25.7 Å². The summed E-state index contributed by atoms with van der Waals surface area (Å²) in [6.45, 7) is 9.64. The summed E-state index contributed by atoms with van der Waals surface area (Å²) >= 11 is 0. The van der Waals surface area contributed by atoms with E-state index in [1.807, 2.05) is 74.5 Å². The highest BCUT2D eigenvalue weighted by Gasteiger charge is 2.62. The lowest BCUT2D eigenvalue weighted by Crippen LogP contribution is -2.53. The van der Waals surface area contributed by atoms with Crippen molar-refractivity contribution >= 4 is 29.8 Å². The number of carbonyl (C=O) groups is 5. The van der Waals surface area contributed by atoms with Crippen LogP contribution in [0.4, 0.5) is 4.79 Å². The largest absolute Gasteiger partial charge is 0.459 e. The molecule has 2 aliphatic heterocycles. The van der Waals surface area contributed by atoms with Crippen LogP contribution in [0.1, 0.15) is 65.0 Å². The second kappa shape index (κ2) is 15.2. The third kappa shape index (κ3) is 9.55. The molecule has 2 aromatic carbocycles. The fourth-order valence-corrected chi connectivity index (χ4v) is 5.57. The molecular weight excluding hydrogens is 590 g/mol. The smallest absolute Gasteiger partial charge is 0.408 e. The zero-order chi connectivity index (χ0) is 33.4. The Morgan fingerprint density at radius 2 is 1.37 bits per heavy atom. The average Bonchev–Trinajstić information content (AvgIpc) is 3.77. The number of amides is 3. The van der Waals surface area contributed by atoms with E-state index in [0.717, 1.165) is 11.1 Å². The van der Waals surface area contributed by atoms with Gasteiger partial charge < -0.3 is 29.3 Å². The summed E-state index contributed by atoms with van der Waals surface area (Å²) in [5.74, 6) is -2.64.